The van der Waals surface area contributed by atoms with Gasteiger partial charge in [0, 0.05) is 36.8 Å². The highest BCUT2D eigenvalue weighted by atomic mass is 79.9. The number of aliphatic hydroxyl groups is 1. The monoisotopic (exact) mass is 538 g/mol. The summed E-state index contributed by atoms with van der Waals surface area (Å²) in [6.45, 7) is 7.60. The Labute approximate surface area is 211 Å². The predicted molar refractivity (Wildman–Crippen MR) is 135 cm³/mol. The molecule has 2 aromatic heterocycles. The van der Waals surface area contributed by atoms with Crippen molar-refractivity contribution in [1.29, 1.82) is 0 Å². The summed E-state index contributed by atoms with van der Waals surface area (Å²) >= 11 is 3.51. The molecule has 4 heterocycles. The molecule has 2 saturated heterocycles. The van der Waals surface area contributed by atoms with Gasteiger partial charge in [0.1, 0.15) is 11.3 Å². The molecule has 3 aromatic rings. The van der Waals surface area contributed by atoms with Crippen LogP contribution < -0.4 is 0 Å². The molecule has 0 bridgehead atoms. The van der Waals surface area contributed by atoms with Gasteiger partial charge in [0.15, 0.2) is 5.76 Å². The van der Waals surface area contributed by atoms with E-state index in [0.29, 0.717) is 43.3 Å². The topological polar surface area (TPSA) is 87.4 Å². The summed E-state index contributed by atoms with van der Waals surface area (Å²) in [7, 11) is 0. The Morgan fingerprint density at radius 2 is 1.91 bits per heavy atom. The van der Waals surface area contributed by atoms with Gasteiger partial charge in [0.25, 0.3) is 11.7 Å². The van der Waals surface area contributed by atoms with E-state index < -0.39 is 17.7 Å². The van der Waals surface area contributed by atoms with Crippen molar-refractivity contribution in [2.45, 2.75) is 19.9 Å². The lowest BCUT2D eigenvalue weighted by molar-refractivity contribution is -0.140. The Kier molecular flexibility index (Phi) is 6.48. The zero-order valence-corrected chi connectivity index (χ0v) is 21.3. The van der Waals surface area contributed by atoms with E-state index in [0.717, 1.165) is 28.7 Å². The SMILES string of the molecule is Cc1nc2c(C)cccn2c1/C(O)=C1\C(=O)C(=O)N(CCN2CCOCC2)[C@@H]1c1cccc(Br)c1. The third-order valence-corrected chi connectivity index (χ3v) is 7.20. The maximum atomic E-state index is 13.4. The number of aryl methyl sites for hydroxylation is 2. The van der Waals surface area contributed by atoms with Crippen LogP contribution >= 0.6 is 15.9 Å². The second-order valence-electron chi connectivity index (χ2n) is 8.93. The maximum Gasteiger partial charge on any atom is 0.295 e. The molecule has 35 heavy (non-hydrogen) atoms. The number of carbonyl (C=O) groups excluding carboxylic acids is 2. The summed E-state index contributed by atoms with van der Waals surface area (Å²) in [4.78, 5) is 35.1. The average Bonchev–Trinajstić information content (AvgIpc) is 3.32. The van der Waals surface area contributed by atoms with Crippen molar-refractivity contribution in [3.63, 3.8) is 0 Å². The normalized spacial score (nSPS) is 20.8. The summed E-state index contributed by atoms with van der Waals surface area (Å²) in [5.74, 6) is -1.50. The second-order valence-corrected chi connectivity index (χ2v) is 9.85. The molecular weight excluding hydrogens is 512 g/mol. The van der Waals surface area contributed by atoms with Crippen LogP contribution in [0.15, 0.2) is 52.6 Å². The van der Waals surface area contributed by atoms with Gasteiger partial charge in [0.05, 0.1) is 30.5 Å². The number of amides is 1. The van der Waals surface area contributed by atoms with Crippen LogP contribution in [0.25, 0.3) is 11.4 Å². The lowest BCUT2D eigenvalue weighted by atomic mass is 9.96. The van der Waals surface area contributed by atoms with Crippen LogP contribution in [0.5, 0.6) is 0 Å². The average molecular weight is 539 g/mol. The van der Waals surface area contributed by atoms with E-state index in [-0.39, 0.29) is 11.3 Å². The lowest BCUT2D eigenvalue weighted by Gasteiger charge is -2.31. The van der Waals surface area contributed by atoms with Gasteiger partial charge in [0.2, 0.25) is 0 Å². The number of halogens is 1. The standard InChI is InChI=1S/C26H27BrN4O4/c1-16-5-4-8-30-21(17(2)28-25(16)30)23(32)20-22(18-6-3-7-19(27)15-18)31(26(34)24(20)33)10-9-29-11-13-35-14-12-29/h3-8,15,22,32H,9-14H2,1-2H3/b23-20+/t22-/m1/s1. The number of likely N-dealkylation sites (tertiary alicyclic amines) is 1. The van der Waals surface area contributed by atoms with Gasteiger partial charge in [-0.2, -0.15) is 0 Å². The summed E-state index contributed by atoms with van der Waals surface area (Å²) in [6.07, 6.45) is 1.81. The van der Waals surface area contributed by atoms with Crippen LogP contribution in [-0.2, 0) is 14.3 Å². The van der Waals surface area contributed by atoms with E-state index >= 15 is 0 Å². The van der Waals surface area contributed by atoms with Crippen LogP contribution in [0.4, 0.5) is 0 Å². The number of benzene rings is 1. The van der Waals surface area contributed by atoms with Gasteiger partial charge in [-0.1, -0.05) is 34.1 Å². The predicted octanol–water partition coefficient (Wildman–Crippen LogP) is 3.47. The number of nitrogens with zero attached hydrogens (tertiary/aromatic N) is 4. The molecule has 2 fully saturated rings. The molecule has 0 aliphatic carbocycles. The number of Topliss-reactive ketones (excluding diaryl/α,β-unsaturated/α-hetero) is 1. The Morgan fingerprint density at radius 1 is 1.14 bits per heavy atom. The molecule has 182 valence electrons. The highest BCUT2D eigenvalue weighted by Gasteiger charge is 2.46. The minimum Gasteiger partial charge on any atom is -0.505 e. The minimum absolute atomic E-state index is 0.0847. The van der Waals surface area contributed by atoms with Gasteiger partial charge in [-0.05, 0) is 43.2 Å². The number of hydrogen-bond acceptors (Lipinski definition) is 6. The fourth-order valence-electron chi connectivity index (χ4n) is 4.94. The van der Waals surface area contributed by atoms with E-state index in [1.165, 1.54) is 0 Å². The second kappa shape index (κ2) is 9.56. The van der Waals surface area contributed by atoms with Crippen LogP contribution in [0.1, 0.15) is 28.6 Å². The molecule has 0 radical (unpaired) electrons. The summed E-state index contributed by atoms with van der Waals surface area (Å²) < 4.78 is 8.03. The molecule has 1 aromatic carbocycles. The van der Waals surface area contributed by atoms with E-state index in [1.807, 2.05) is 43.3 Å². The van der Waals surface area contributed by atoms with Crippen molar-refractivity contribution in [3.8, 4) is 0 Å². The molecule has 0 spiro atoms. The van der Waals surface area contributed by atoms with Crippen molar-refractivity contribution in [3.05, 3.63) is 75.2 Å². The molecule has 9 heteroatoms. The molecule has 1 amide bonds. The van der Waals surface area contributed by atoms with E-state index in [1.54, 1.807) is 22.4 Å². The van der Waals surface area contributed by atoms with Crippen molar-refractivity contribution in [1.82, 2.24) is 19.2 Å². The quantitative estimate of drug-likeness (QED) is 0.304. The van der Waals surface area contributed by atoms with Gasteiger partial charge < -0.3 is 14.7 Å². The highest BCUT2D eigenvalue weighted by molar-refractivity contribution is 9.10. The number of imidazole rings is 1. The smallest absolute Gasteiger partial charge is 0.295 e. The van der Waals surface area contributed by atoms with E-state index in [2.05, 4.69) is 25.8 Å². The van der Waals surface area contributed by atoms with Gasteiger partial charge in [-0.3, -0.25) is 18.9 Å². The first-order chi connectivity index (χ1) is 16.9. The Bertz CT molecular complexity index is 1340. The zero-order valence-electron chi connectivity index (χ0n) is 19.7. The van der Waals surface area contributed by atoms with Gasteiger partial charge in [-0.25, -0.2) is 4.98 Å². The van der Waals surface area contributed by atoms with Crippen molar-refractivity contribution in [2.24, 2.45) is 0 Å². The van der Waals surface area contributed by atoms with Crippen LogP contribution in [0.3, 0.4) is 0 Å². The summed E-state index contributed by atoms with van der Waals surface area (Å²) in [5.41, 5.74) is 3.50. The molecule has 2 aliphatic heterocycles. The summed E-state index contributed by atoms with van der Waals surface area (Å²) in [6, 6.07) is 10.6. The number of hydrogen-bond donors (Lipinski definition) is 1. The first-order valence-electron chi connectivity index (χ1n) is 11.7. The molecule has 0 saturated carbocycles. The van der Waals surface area contributed by atoms with Gasteiger partial charge in [-0.15, -0.1) is 0 Å². The first kappa shape index (κ1) is 23.7. The number of ketones is 1. The molecule has 0 unspecified atom stereocenters. The number of ether oxygens (including phenoxy) is 1. The molecule has 5 rings (SSSR count). The molecular formula is C26H27BrN4O4. The van der Waals surface area contributed by atoms with Crippen molar-refractivity contribution in [2.75, 3.05) is 39.4 Å². The Balaban J connectivity index is 1.63. The fraction of sp³-hybridized carbons (Fsp3) is 0.346. The third-order valence-electron chi connectivity index (χ3n) is 6.71. The van der Waals surface area contributed by atoms with Crippen LogP contribution in [-0.4, -0.2) is 75.4 Å². The highest BCUT2D eigenvalue weighted by Crippen LogP contribution is 2.40. The van der Waals surface area contributed by atoms with Crippen molar-refractivity contribution >= 4 is 39.0 Å². The molecule has 8 nitrogen and oxygen atoms in total. The zero-order chi connectivity index (χ0) is 24.7. The molecule has 1 N–H and O–H groups in total. The number of rotatable bonds is 5. The first-order valence-corrected chi connectivity index (χ1v) is 12.4. The number of morpholine rings is 1. The number of carbonyl (C=O) groups is 2. The maximum absolute atomic E-state index is 13.4. The van der Waals surface area contributed by atoms with Crippen LogP contribution in [0, 0.1) is 13.8 Å². The number of aliphatic hydroxyl groups excluding tert-OH is 1. The Morgan fingerprint density at radius 3 is 2.66 bits per heavy atom. The van der Waals surface area contributed by atoms with Gasteiger partial charge >= 0.3 is 0 Å². The number of fused-ring (bicyclic) bond motifs is 1. The Hall–Kier alpha value is -3.01. The lowest BCUT2D eigenvalue weighted by Crippen LogP contribution is -2.42. The van der Waals surface area contributed by atoms with E-state index in [4.69, 9.17) is 4.74 Å². The minimum atomic E-state index is -0.705. The number of pyridine rings is 1. The van der Waals surface area contributed by atoms with Crippen LogP contribution in [0.2, 0.25) is 0 Å². The molecule has 2 aliphatic rings. The fourth-order valence-corrected chi connectivity index (χ4v) is 5.35. The van der Waals surface area contributed by atoms with Crippen molar-refractivity contribution < 1.29 is 19.4 Å². The molecule has 1 atom stereocenters. The summed E-state index contributed by atoms with van der Waals surface area (Å²) in [5, 5.41) is 11.6. The van der Waals surface area contributed by atoms with E-state index in [9.17, 15) is 14.7 Å². The largest absolute Gasteiger partial charge is 0.505 e. The third kappa shape index (κ3) is 4.28. The number of aromatic nitrogens is 2.